The van der Waals surface area contributed by atoms with Gasteiger partial charge in [0.05, 0.1) is 0 Å². The summed E-state index contributed by atoms with van der Waals surface area (Å²) in [4.78, 5) is 1.34. The molecule has 0 unspecified atom stereocenters. The molecular weight excluding hydrogens is 188 g/mol. The Hall–Kier alpha value is -0.140. The van der Waals surface area contributed by atoms with Gasteiger partial charge >= 0.3 is 0 Å². The first kappa shape index (κ1) is 9.94. The van der Waals surface area contributed by atoms with E-state index < -0.39 is 0 Å². The van der Waals surface area contributed by atoms with Gasteiger partial charge in [-0.3, -0.25) is 0 Å². The fraction of sp³-hybridized carbons (Fsp3) is 0.400. The molecule has 0 aromatic carbocycles. The normalized spacial score (nSPS) is 16.8. The van der Waals surface area contributed by atoms with E-state index >= 15 is 0 Å². The van der Waals surface area contributed by atoms with Crippen molar-refractivity contribution in [2.75, 3.05) is 5.75 Å². The largest absolute Gasteiger partial charge is 0.127 e. The van der Waals surface area contributed by atoms with Gasteiger partial charge in [-0.2, -0.15) is 0 Å². The zero-order valence-electron chi connectivity index (χ0n) is 7.22. The lowest BCUT2D eigenvalue weighted by atomic mass is 10.4. The molecular formula is C10H13ClS. The SMILES string of the molecule is CCCSC1=CCC=C(Cl)C=C1. The van der Waals surface area contributed by atoms with E-state index in [2.05, 4.69) is 19.1 Å². The molecule has 0 atom stereocenters. The summed E-state index contributed by atoms with van der Waals surface area (Å²) < 4.78 is 0. The third kappa shape index (κ3) is 3.51. The molecule has 0 saturated carbocycles. The van der Waals surface area contributed by atoms with Gasteiger partial charge in [-0.05, 0) is 30.7 Å². The van der Waals surface area contributed by atoms with Gasteiger partial charge < -0.3 is 0 Å². The van der Waals surface area contributed by atoms with Crippen LogP contribution in [-0.4, -0.2) is 5.75 Å². The van der Waals surface area contributed by atoms with Gasteiger partial charge in [0.2, 0.25) is 0 Å². The quantitative estimate of drug-likeness (QED) is 0.661. The molecule has 0 nitrogen and oxygen atoms in total. The van der Waals surface area contributed by atoms with Crippen LogP contribution >= 0.6 is 23.4 Å². The molecule has 0 spiro atoms. The zero-order valence-corrected chi connectivity index (χ0v) is 8.79. The average Bonchev–Trinajstić information content (AvgIpc) is 2.27. The molecule has 0 heterocycles. The maximum absolute atomic E-state index is 5.85. The number of allylic oxidation sites excluding steroid dienone is 5. The Morgan fingerprint density at radius 3 is 3.00 bits per heavy atom. The van der Waals surface area contributed by atoms with Crippen LogP contribution in [0.3, 0.4) is 0 Å². The fourth-order valence-electron chi connectivity index (χ4n) is 0.912. The number of hydrogen-bond acceptors (Lipinski definition) is 1. The number of hydrogen-bond donors (Lipinski definition) is 0. The van der Waals surface area contributed by atoms with Crippen LogP contribution in [0.5, 0.6) is 0 Å². The van der Waals surface area contributed by atoms with Gasteiger partial charge in [-0.15, -0.1) is 11.8 Å². The first-order chi connectivity index (χ1) is 5.83. The Morgan fingerprint density at radius 2 is 2.25 bits per heavy atom. The van der Waals surface area contributed by atoms with Crippen LogP contribution < -0.4 is 0 Å². The van der Waals surface area contributed by atoms with Crippen LogP contribution in [0.4, 0.5) is 0 Å². The van der Waals surface area contributed by atoms with E-state index in [1.165, 1.54) is 17.1 Å². The fourth-order valence-corrected chi connectivity index (χ4v) is 1.88. The summed E-state index contributed by atoms with van der Waals surface area (Å²) in [6.45, 7) is 2.19. The van der Waals surface area contributed by atoms with Crippen LogP contribution in [0.15, 0.2) is 34.2 Å². The van der Waals surface area contributed by atoms with Gasteiger partial charge in [-0.1, -0.05) is 30.7 Å². The van der Waals surface area contributed by atoms with Crippen molar-refractivity contribution in [2.45, 2.75) is 19.8 Å². The molecule has 2 heteroatoms. The van der Waals surface area contributed by atoms with E-state index in [0.717, 1.165) is 11.5 Å². The molecule has 0 aromatic rings. The second kappa shape index (κ2) is 5.50. The van der Waals surface area contributed by atoms with Gasteiger partial charge in [0, 0.05) is 9.94 Å². The lowest BCUT2D eigenvalue weighted by molar-refractivity contribution is 1.11. The van der Waals surface area contributed by atoms with Gasteiger partial charge in [0.25, 0.3) is 0 Å². The van der Waals surface area contributed by atoms with Gasteiger partial charge in [-0.25, -0.2) is 0 Å². The van der Waals surface area contributed by atoms with Crippen LogP contribution in [-0.2, 0) is 0 Å². The maximum atomic E-state index is 5.85. The average molecular weight is 201 g/mol. The predicted octanol–water partition coefficient (Wildman–Crippen LogP) is 4.10. The second-order valence-electron chi connectivity index (χ2n) is 2.61. The van der Waals surface area contributed by atoms with E-state index in [-0.39, 0.29) is 0 Å². The Labute approximate surface area is 83.4 Å². The van der Waals surface area contributed by atoms with E-state index in [4.69, 9.17) is 11.6 Å². The summed E-state index contributed by atoms with van der Waals surface area (Å²) in [6.07, 6.45) is 10.5. The summed E-state index contributed by atoms with van der Waals surface area (Å²) in [5.41, 5.74) is 0. The highest BCUT2D eigenvalue weighted by Crippen LogP contribution is 2.22. The van der Waals surface area contributed by atoms with Crippen LogP contribution in [0.2, 0.25) is 0 Å². The smallest absolute Gasteiger partial charge is 0.0369 e. The molecule has 12 heavy (non-hydrogen) atoms. The molecule has 0 N–H and O–H groups in total. The third-order valence-electron chi connectivity index (χ3n) is 1.51. The van der Waals surface area contributed by atoms with Crippen LogP contribution in [0.1, 0.15) is 19.8 Å². The van der Waals surface area contributed by atoms with Crippen molar-refractivity contribution in [3.63, 3.8) is 0 Å². The molecule has 0 bridgehead atoms. The third-order valence-corrected chi connectivity index (χ3v) is 3.04. The highest BCUT2D eigenvalue weighted by atomic mass is 35.5. The summed E-state index contributed by atoms with van der Waals surface area (Å²) in [5.74, 6) is 1.19. The van der Waals surface area contributed by atoms with Gasteiger partial charge in [0.15, 0.2) is 0 Å². The summed E-state index contributed by atoms with van der Waals surface area (Å²) in [7, 11) is 0. The lowest BCUT2D eigenvalue weighted by Gasteiger charge is -1.97. The van der Waals surface area contributed by atoms with Crippen LogP contribution in [0, 0.1) is 0 Å². The minimum absolute atomic E-state index is 0.846. The molecule has 0 amide bonds. The van der Waals surface area contributed by atoms with Crippen molar-refractivity contribution in [2.24, 2.45) is 0 Å². The monoisotopic (exact) mass is 200 g/mol. The summed E-state index contributed by atoms with van der Waals surface area (Å²) in [5, 5.41) is 0.846. The molecule has 0 radical (unpaired) electrons. The van der Waals surface area contributed by atoms with Crippen molar-refractivity contribution in [3.05, 3.63) is 34.2 Å². The minimum Gasteiger partial charge on any atom is -0.127 e. The molecule has 66 valence electrons. The van der Waals surface area contributed by atoms with E-state index in [1.54, 1.807) is 0 Å². The predicted molar refractivity (Wildman–Crippen MR) is 58.5 cm³/mol. The molecule has 0 aliphatic heterocycles. The maximum Gasteiger partial charge on any atom is 0.0369 e. The minimum atomic E-state index is 0.846. The zero-order chi connectivity index (χ0) is 8.81. The highest BCUT2D eigenvalue weighted by Gasteiger charge is 1.96. The molecule has 0 aromatic heterocycles. The van der Waals surface area contributed by atoms with Crippen LogP contribution in [0.25, 0.3) is 0 Å². The lowest BCUT2D eigenvalue weighted by Crippen LogP contribution is -1.75. The number of rotatable bonds is 3. The Morgan fingerprint density at radius 1 is 1.42 bits per heavy atom. The summed E-state index contributed by atoms with van der Waals surface area (Å²) in [6, 6.07) is 0. The Bertz CT molecular complexity index is 226. The van der Waals surface area contributed by atoms with E-state index in [9.17, 15) is 0 Å². The van der Waals surface area contributed by atoms with Crippen molar-refractivity contribution in [3.8, 4) is 0 Å². The summed E-state index contributed by atoms with van der Waals surface area (Å²) >= 11 is 7.75. The van der Waals surface area contributed by atoms with E-state index in [0.29, 0.717) is 0 Å². The Kier molecular flexibility index (Phi) is 4.55. The first-order valence-electron chi connectivity index (χ1n) is 4.19. The molecule has 1 aliphatic rings. The molecule has 1 aliphatic carbocycles. The standard InChI is InChI=1S/C10H13ClS/c1-2-8-12-10-5-3-4-9(11)6-7-10/h4-7H,2-3,8H2,1H3. The topological polar surface area (TPSA) is 0 Å². The van der Waals surface area contributed by atoms with Crippen molar-refractivity contribution < 1.29 is 0 Å². The molecule has 1 rings (SSSR count). The first-order valence-corrected chi connectivity index (χ1v) is 5.56. The van der Waals surface area contributed by atoms with Crippen molar-refractivity contribution >= 4 is 23.4 Å². The highest BCUT2D eigenvalue weighted by molar-refractivity contribution is 8.03. The van der Waals surface area contributed by atoms with Gasteiger partial charge in [0.1, 0.15) is 0 Å². The number of thioether (sulfide) groups is 1. The van der Waals surface area contributed by atoms with E-state index in [1.807, 2.05) is 23.9 Å². The Balaban J connectivity index is 2.46. The molecule has 0 saturated heterocycles. The van der Waals surface area contributed by atoms with Crippen molar-refractivity contribution in [1.82, 2.24) is 0 Å². The molecule has 0 fully saturated rings. The van der Waals surface area contributed by atoms with Crippen molar-refractivity contribution in [1.29, 1.82) is 0 Å². The number of halogens is 1. The second-order valence-corrected chi connectivity index (χ2v) is 4.22.